The number of hydrogen-bond donors (Lipinski definition) is 1. The van der Waals surface area contributed by atoms with E-state index in [2.05, 4.69) is 6.92 Å². The molecule has 1 aliphatic rings. The Labute approximate surface area is 144 Å². The van der Waals surface area contributed by atoms with Crippen LogP contribution in [0.15, 0.2) is 24.3 Å². The summed E-state index contributed by atoms with van der Waals surface area (Å²) < 4.78 is 0. The first kappa shape index (κ1) is 19.3. The van der Waals surface area contributed by atoms with E-state index in [0.717, 1.165) is 43.7 Å². The molecule has 5 heteroatoms. The van der Waals surface area contributed by atoms with Gasteiger partial charge in [-0.05, 0) is 37.0 Å². The van der Waals surface area contributed by atoms with E-state index < -0.39 is 0 Å². The van der Waals surface area contributed by atoms with Gasteiger partial charge in [0.1, 0.15) is 0 Å². The van der Waals surface area contributed by atoms with Crippen LogP contribution in [0, 0.1) is 0 Å². The fourth-order valence-corrected chi connectivity index (χ4v) is 3.18. The molecular formula is C17H26Cl2N2O. The molecule has 0 spiro atoms. The van der Waals surface area contributed by atoms with Crippen molar-refractivity contribution >= 4 is 29.9 Å². The summed E-state index contributed by atoms with van der Waals surface area (Å²) in [6.45, 7) is 2.87. The zero-order valence-electron chi connectivity index (χ0n) is 13.1. The van der Waals surface area contributed by atoms with Crippen molar-refractivity contribution in [3.05, 3.63) is 34.9 Å². The number of carbonyl (C=O) groups excluding carboxylic acids is 1. The Hall–Kier alpha value is -0.770. The summed E-state index contributed by atoms with van der Waals surface area (Å²) in [5, 5.41) is 0.730. The number of hydrogen-bond acceptors (Lipinski definition) is 2. The number of nitrogens with two attached hydrogens (primary N) is 1. The van der Waals surface area contributed by atoms with Crippen LogP contribution in [0.25, 0.3) is 0 Å². The second kappa shape index (κ2) is 9.39. The minimum atomic E-state index is -0.372. The van der Waals surface area contributed by atoms with Gasteiger partial charge in [-0.3, -0.25) is 4.79 Å². The minimum absolute atomic E-state index is 0. The van der Waals surface area contributed by atoms with Gasteiger partial charge in [0.15, 0.2) is 0 Å². The SMILES string of the molecule is CCCC(N)C(=O)N1CCCCCC1c1ccc(Cl)cc1.Cl. The monoisotopic (exact) mass is 344 g/mol. The van der Waals surface area contributed by atoms with E-state index >= 15 is 0 Å². The third-order valence-electron chi connectivity index (χ3n) is 4.21. The molecule has 1 aromatic carbocycles. The van der Waals surface area contributed by atoms with Gasteiger partial charge in [0.25, 0.3) is 0 Å². The molecule has 0 bridgehead atoms. The molecule has 1 aliphatic heterocycles. The van der Waals surface area contributed by atoms with E-state index in [4.69, 9.17) is 17.3 Å². The maximum Gasteiger partial charge on any atom is 0.239 e. The molecule has 1 saturated heterocycles. The molecule has 0 aromatic heterocycles. The number of nitrogens with zero attached hydrogens (tertiary/aromatic N) is 1. The highest BCUT2D eigenvalue weighted by Crippen LogP contribution is 2.31. The second-order valence-electron chi connectivity index (χ2n) is 5.84. The Morgan fingerprint density at radius 2 is 2.00 bits per heavy atom. The molecule has 22 heavy (non-hydrogen) atoms. The summed E-state index contributed by atoms with van der Waals surface area (Å²) in [6, 6.07) is 7.63. The third kappa shape index (κ3) is 4.87. The summed E-state index contributed by atoms with van der Waals surface area (Å²) in [5.41, 5.74) is 7.23. The molecule has 1 amide bonds. The fraction of sp³-hybridized carbons (Fsp3) is 0.588. The van der Waals surface area contributed by atoms with Gasteiger partial charge < -0.3 is 10.6 Å². The van der Waals surface area contributed by atoms with Gasteiger partial charge >= 0.3 is 0 Å². The molecule has 3 nitrogen and oxygen atoms in total. The van der Waals surface area contributed by atoms with Gasteiger partial charge in [-0.2, -0.15) is 0 Å². The van der Waals surface area contributed by atoms with Crippen molar-refractivity contribution in [2.75, 3.05) is 6.54 Å². The summed E-state index contributed by atoms with van der Waals surface area (Å²) in [7, 11) is 0. The topological polar surface area (TPSA) is 46.3 Å². The van der Waals surface area contributed by atoms with Gasteiger partial charge in [0.05, 0.1) is 12.1 Å². The van der Waals surface area contributed by atoms with Crippen molar-refractivity contribution in [2.45, 2.75) is 57.5 Å². The number of carbonyl (C=O) groups is 1. The molecule has 124 valence electrons. The Kier molecular flexibility index (Phi) is 8.23. The average molecular weight is 345 g/mol. The van der Waals surface area contributed by atoms with Gasteiger partial charge in [-0.15, -0.1) is 12.4 Å². The molecule has 0 saturated carbocycles. The van der Waals surface area contributed by atoms with Crippen LogP contribution in [0.1, 0.15) is 57.1 Å². The first-order chi connectivity index (χ1) is 10.1. The van der Waals surface area contributed by atoms with Crippen molar-refractivity contribution in [2.24, 2.45) is 5.73 Å². The molecule has 0 aliphatic carbocycles. The minimum Gasteiger partial charge on any atom is -0.334 e. The first-order valence-electron chi connectivity index (χ1n) is 7.95. The lowest BCUT2D eigenvalue weighted by molar-refractivity contribution is -0.135. The summed E-state index contributed by atoms with van der Waals surface area (Å²) in [5.74, 6) is 0.0960. The molecule has 0 radical (unpaired) electrons. The third-order valence-corrected chi connectivity index (χ3v) is 4.46. The zero-order chi connectivity index (χ0) is 15.2. The van der Waals surface area contributed by atoms with Gasteiger partial charge in [-0.25, -0.2) is 0 Å². The Balaban J connectivity index is 0.00000242. The van der Waals surface area contributed by atoms with Gasteiger partial charge in [0.2, 0.25) is 5.91 Å². The van der Waals surface area contributed by atoms with E-state index in [1.807, 2.05) is 29.2 Å². The van der Waals surface area contributed by atoms with Crippen molar-refractivity contribution in [3.63, 3.8) is 0 Å². The number of halogens is 2. The van der Waals surface area contributed by atoms with Crippen LogP contribution in [-0.4, -0.2) is 23.4 Å². The normalized spacial score (nSPS) is 20.0. The molecule has 1 aromatic rings. The second-order valence-corrected chi connectivity index (χ2v) is 6.28. The predicted molar refractivity (Wildman–Crippen MR) is 94.5 cm³/mol. The van der Waals surface area contributed by atoms with Crippen molar-refractivity contribution in [1.82, 2.24) is 4.90 Å². The van der Waals surface area contributed by atoms with E-state index in [-0.39, 0.29) is 30.4 Å². The number of benzene rings is 1. The van der Waals surface area contributed by atoms with Crippen molar-refractivity contribution in [1.29, 1.82) is 0 Å². The van der Waals surface area contributed by atoms with Crippen molar-refractivity contribution < 1.29 is 4.79 Å². The maximum atomic E-state index is 12.7. The smallest absolute Gasteiger partial charge is 0.239 e. The van der Waals surface area contributed by atoms with E-state index in [1.165, 1.54) is 12.0 Å². The average Bonchev–Trinajstić information content (AvgIpc) is 2.73. The lowest BCUT2D eigenvalue weighted by atomic mass is 9.99. The molecule has 2 unspecified atom stereocenters. The first-order valence-corrected chi connectivity index (χ1v) is 8.32. The zero-order valence-corrected chi connectivity index (χ0v) is 14.7. The highest BCUT2D eigenvalue weighted by atomic mass is 35.5. The Bertz CT molecular complexity index is 464. The van der Waals surface area contributed by atoms with E-state index in [0.29, 0.717) is 0 Å². The van der Waals surface area contributed by atoms with Gasteiger partial charge in [0, 0.05) is 11.6 Å². The van der Waals surface area contributed by atoms with Crippen LogP contribution in [0.4, 0.5) is 0 Å². The highest BCUT2D eigenvalue weighted by Gasteiger charge is 2.29. The standard InChI is InChI=1S/C17H25ClN2O.ClH/c1-2-6-15(19)17(21)20-12-5-3-4-7-16(20)13-8-10-14(18)11-9-13;/h8-11,15-16H,2-7,12,19H2,1H3;1H. The van der Waals surface area contributed by atoms with Crippen molar-refractivity contribution in [3.8, 4) is 0 Å². The van der Waals surface area contributed by atoms with Crippen LogP contribution < -0.4 is 5.73 Å². The maximum absolute atomic E-state index is 12.7. The summed E-state index contributed by atoms with van der Waals surface area (Å²) in [4.78, 5) is 14.7. The van der Waals surface area contributed by atoms with E-state index in [9.17, 15) is 4.79 Å². The van der Waals surface area contributed by atoms with E-state index in [1.54, 1.807) is 0 Å². The lowest BCUT2D eigenvalue weighted by Gasteiger charge is -2.32. The number of rotatable bonds is 4. The Morgan fingerprint density at radius 3 is 2.64 bits per heavy atom. The molecule has 1 heterocycles. The number of likely N-dealkylation sites (tertiary alicyclic amines) is 1. The quantitative estimate of drug-likeness (QED) is 0.883. The summed E-state index contributed by atoms with van der Waals surface area (Å²) in [6.07, 6.45) is 6.09. The fourth-order valence-electron chi connectivity index (χ4n) is 3.05. The molecule has 2 rings (SSSR count). The van der Waals surface area contributed by atoms with Crippen LogP contribution >= 0.6 is 24.0 Å². The Morgan fingerprint density at radius 1 is 1.32 bits per heavy atom. The predicted octanol–water partition coefficient (Wildman–Crippen LogP) is 4.33. The molecule has 2 N–H and O–H groups in total. The van der Waals surface area contributed by atoms with Crippen LogP contribution in [0.3, 0.4) is 0 Å². The molecule has 2 atom stereocenters. The van der Waals surface area contributed by atoms with Crippen LogP contribution in [0.2, 0.25) is 5.02 Å². The molecule has 1 fully saturated rings. The summed E-state index contributed by atoms with van der Waals surface area (Å²) >= 11 is 5.97. The largest absolute Gasteiger partial charge is 0.334 e. The highest BCUT2D eigenvalue weighted by molar-refractivity contribution is 6.30. The van der Waals surface area contributed by atoms with Crippen LogP contribution in [-0.2, 0) is 4.79 Å². The van der Waals surface area contributed by atoms with Crippen LogP contribution in [0.5, 0.6) is 0 Å². The molecular weight excluding hydrogens is 319 g/mol. The van der Waals surface area contributed by atoms with Gasteiger partial charge in [-0.1, -0.05) is 49.9 Å². The number of amides is 1. The lowest BCUT2D eigenvalue weighted by Crippen LogP contribution is -2.45.